The van der Waals surface area contributed by atoms with Crippen LogP contribution in [0.15, 0.2) is 35.7 Å². The van der Waals surface area contributed by atoms with Crippen LogP contribution in [0.2, 0.25) is 0 Å². The molecule has 7 heteroatoms. The number of nitrogens with zero attached hydrogens (tertiary/aromatic N) is 2. The second-order valence-corrected chi connectivity index (χ2v) is 9.41. The maximum Gasteiger partial charge on any atom is 0.325 e. The number of thiophene rings is 1. The van der Waals surface area contributed by atoms with Gasteiger partial charge in [0.15, 0.2) is 0 Å². The summed E-state index contributed by atoms with van der Waals surface area (Å²) in [5, 5.41) is 5.00. The summed E-state index contributed by atoms with van der Waals surface area (Å²) in [6.07, 6.45) is 3.44. The SMILES string of the molecule is CCC1c2ccsc2CCN1C(=O)CN1C(=O)NC2(CCc3ccccc3C2)C1=O. The Kier molecular flexibility index (Phi) is 4.65. The predicted octanol–water partition coefficient (Wildman–Crippen LogP) is 3.06. The van der Waals surface area contributed by atoms with Crippen molar-refractivity contribution in [2.75, 3.05) is 13.1 Å². The van der Waals surface area contributed by atoms with Gasteiger partial charge in [-0.05, 0) is 53.8 Å². The average molecular weight is 424 g/mol. The summed E-state index contributed by atoms with van der Waals surface area (Å²) in [5.41, 5.74) is 2.61. The van der Waals surface area contributed by atoms with Gasteiger partial charge >= 0.3 is 6.03 Å². The fourth-order valence-corrected chi connectivity index (χ4v) is 6.13. The number of hydrogen-bond acceptors (Lipinski definition) is 4. The monoisotopic (exact) mass is 423 g/mol. The van der Waals surface area contributed by atoms with Gasteiger partial charge in [-0.15, -0.1) is 11.3 Å². The van der Waals surface area contributed by atoms with Crippen LogP contribution in [0.4, 0.5) is 4.79 Å². The number of hydrogen-bond donors (Lipinski definition) is 1. The molecule has 1 aliphatic carbocycles. The molecule has 1 fully saturated rings. The minimum Gasteiger partial charge on any atom is -0.334 e. The molecule has 0 saturated carbocycles. The number of fused-ring (bicyclic) bond motifs is 2. The lowest BCUT2D eigenvalue weighted by Crippen LogP contribution is -2.52. The topological polar surface area (TPSA) is 69.7 Å². The highest BCUT2D eigenvalue weighted by Gasteiger charge is 2.53. The maximum absolute atomic E-state index is 13.3. The third kappa shape index (κ3) is 2.95. The van der Waals surface area contributed by atoms with Crippen molar-refractivity contribution in [3.63, 3.8) is 0 Å². The Hall–Kier alpha value is -2.67. The van der Waals surface area contributed by atoms with E-state index in [2.05, 4.69) is 29.8 Å². The van der Waals surface area contributed by atoms with E-state index in [0.717, 1.165) is 29.7 Å². The van der Waals surface area contributed by atoms with Crippen molar-refractivity contribution < 1.29 is 14.4 Å². The van der Waals surface area contributed by atoms with Crippen LogP contribution in [-0.4, -0.2) is 46.3 Å². The summed E-state index contributed by atoms with van der Waals surface area (Å²) in [5.74, 6) is -0.424. The molecule has 1 N–H and O–H groups in total. The summed E-state index contributed by atoms with van der Waals surface area (Å²) in [4.78, 5) is 43.5. The molecule has 1 aromatic carbocycles. The van der Waals surface area contributed by atoms with Crippen LogP contribution in [0, 0.1) is 0 Å². The van der Waals surface area contributed by atoms with E-state index in [1.165, 1.54) is 16.0 Å². The average Bonchev–Trinajstić information content (AvgIpc) is 3.32. The molecular formula is C23H25N3O3S. The molecule has 2 aliphatic heterocycles. The van der Waals surface area contributed by atoms with Crippen molar-refractivity contribution in [3.8, 4) is 0 Å². The molecule has 3 heterocycles. The summed E-state index contributed by atoms with van der Waals surface area (Å²) in [7, 11) is 0. The molecule has 2 atom stereocenters. The van der Waals surface area contributed by atoms with Crippen molar-refractivity contribution in [1.82, 2.24) is 15.1 Å². The Balaban J connectivity index is 1.34. The number of urea groups is 1. The van der Waals surface area contributed by atoms with E-state index in [4.69, 9.17) is 0 Å². The summed E-state index contributed by atoms with van der Waals surface area (Å²) in [6.45, 7) is 2.51. The van der Waals surface area contributed by atoms with Gasteiger partial charge in [0.1, 0.15) is 12.1 Å². The highest BCUT2D eigenvalue weighted by molar-refractivity contribution is 7.10. The highest BCUT2D eigenvalue weighted by atomic mass is 32.1. The van der Waals surface area contributed by atoms with Gasteiger partial charge in [-0.1, -0.05) is 31.2 Å². The number of imide groups is 1. The fourth-order valence-electron chi connectivity index (χ4n) is 5.21. The van der Waals surface area contributed by atoms with E-state index in [9.17, 15) is 14.4 Å². The molecule has 2 unspecified atom stereocenters. The van der Waals surface area contributed by atoms with E-state index in [-0.39, 0.29) is 24.4 Å². The minimum absolute atomic E-state index is 0.0174. The predicted molar refractivity (Wildman–Crippen MR) is 114 cm³/mol. The van der Waals surface area contributed by atoms with Gasteiger partial charge in [-0.25, -0.2) is 4.79 Å². The number of rotatable bonds is 3. The zero-order valence-corrected chi connectivity index (χ0v) is 17.8. The number of nitrogens with one attached hydrogen (secondary N) is 1. The van der Waals surface area contributed by atoms with Crippen LogP contribution in [0.3, 0.4) is 0 Å². The Labute approximate surface area is 179 Å². The molecule has 0 radical (unpaired) electrons. The van der Waals surface area contributed by atoms with Gasteiger partial charge in [0.25, 0.3) is 5.91 Å². The first-order valence-corrected chi connectivity index (χ1v) is 11.5. The molecule has 156 valence electrons. The van der Waals surface area contributed by atoms with Crippen LogP contribution in [0.25, 0.3) is 0 Å². The number of carbonyl (C=O) groups excluding carboxylic acids is 3. The Morgan fingerprint density at radius 1 is 1.20 bits per heavy atom. The van der Waals surface area contributed by atoms with E-state index < -0.39 is 11.6 Å². The summed E-state index contributed by atoms with van der Waals surface area (Å²) < 4.78 is 0. The van der Waals surface area contributed by atoms with Crippen molar-refractivity contribution in [2.24, 2.45) is 0 Å². The second-order valence-electron chi connectivity index (χ2n) is 8.41. The molecule has 1 spiro atoms. The molecule has 1 aromatic heterocycles. The zero-order valence-electron chi connectivity index (χ0n) is 17.0. The van der Waals surface area contributed by atoms with Crippen molar-refractivity contribution >= 4 is 29.2 Å². The Morgan fingerprint density at radius 3 is 2.80 bits per heavy atom. The smallest absolute Gasteiger partial charge is 0.325 e. The lowest BCUT2D eigenvalue weighted by Gasteiger charge is -2.36. The van der Waals surface area contributed by atoms with Crippen molar-refractivity contribution in [2.45, 2.75) is 50.6 Å². The van der Waals surface area contributed by atoms with Crippen molar-refractivity contribution in [1.29, 1.82) is 0 Å². The van der Waals surface area contributed by atoms with Gasteiger partial charge < -0.3 is 10.2 Å². The van der Waals surface area contributed by atoms with Gasteiger partial charge in [-0.3, -0.25) is 14.5 Å². The number of benzene rings is 1. The van der Waals surface area contributed by atoms with Gasteiger partial charge in [0, 0.05) is 17.8 Å². The van der Waals surface area contributed by atoms with Crippen LogP contribution in [0.1, 0.15) is 47.4 Å². The van der Waals surface area contributed by atoms with Crippen LogP contribution < -0.4 is 5.32 Å². The number of carbonyl (C=O) groups is 3. The molecule has 5 rings (SSSR count). The Morgan fingerprint density at radius 2 is 2.00 bits per heavy atom. The first-order valence-electron chi connectivity index (χ1n) is 10.6. The van der Waals surface area contributed by atoms with Gasteiger partial charge in [-0.2, -0.15) is 0 Å². The van der Waals surface area contributed by atoms with Gasteiger partial charge in [0.2, 0.25) is 5.91 Å². The van der Waals surface area contributed by atoms with Crippen LogP contribution in [-0.2, 0) is 28.9 Å². The molecule has 4 amide bonds. The van der Waals surface area contributed by atoms with E-state index in [0.29, 0.717) is 19.4 Å². The lowest BCUT2D eigenvalue weighted by atomic mass is 9.78. The number of amides is 4. The van der Waals surface area contributed by atoms with Crippen molar-refractivity contribution in [3.05, 3.63) is 57.3 Å². The first kappa shape index (κ1) is 19.3. The summed E-state index contributed by atoms with van der Waals surface area (Å²) in [6, 6.07) is 9.71. The first-order chi connectivity index (χ1) is 14.5. The lowest BCUT2D eigenvalue weighted by molar-refractivity contribution is -0.141. The molecule has 2 aromatic rings. The van der Waals surface area contributed by atoms with Crippen LogP contribution >= 0.6 is 11.3 Å². The molecular weight excluding hydrogens is 398 g/mol. The molecule has 0 bridgehead atoms. The second kappa shape index (κ2) is 7.23. The highest BCUT2D eigenvalue weighted by Crippen LogP contribution is 2.36. The number of aryl methyl sites for hydroxylation is 1. The quantitative estimate of drug-likeness (QED) is 0.772. The molecule has 1 saturated heterocycles. The fraction of sp³-hybridized carbons (Fsp3) is 0.435. The molecule has 30 heavy (non-hydrogen) atoms. The minimum atomic E-state index is -0.918. The third-order valence-electron chi connectivity index (χ3n) is 6.77. The molecule has 6 nitrogen and oxygen atoms in total. The van der Waals surface area contributed by atoms with Gasteiger partial charge in [0.05, 0.1) is 6.04 Å². The van der Waals surface area contributed by atoms with E-state index in [1.54, 1.807) is 11.3 Å². The zero-order chi connectivity index (χ0) is 20.9. The van der Waals surface area contributed by atoms with Crippen LogP contribution in [0.5, 0.6) is 0 Å². The normalized spacial score (nSPS) is 25.3. The maximum atomic E-state index is 13.3. The van der Waals surface area contributed by atoms with E-state index >= 15 is 0 Å². The third-order valence-corrected chi connectivity index (χ3v) is 7.77. The molecule has 3 aliphatic rings. The summed E-state index contributed by atoms with van der Waals surface area (Å²) >= 11 is 1.73. The Bertz CT molecular complexity index is 1030. The largest absolute Gasteiger partial charge is 0.334 e. The van der Waals surface area contributed by atoms with E-state index in [1.807, 2.05) is 23.1 Å². The standard InChI is InChI=1S/C23H25N3O3S/c1-2-18-17-9-12-30-19(17)8-11-25(18)20(27)14-26-21(28)23(24-22(26)29)10-7-15-5-3-4-6-16(15)13-23/h3-6,9,12,18H,2,7-8,10-11,13-14H2,1H3,(H,24,29).